The number of nitrogens with zero attached hydrogens (tertiary/aromatic N) is 2. The largest absolute Gasteiger partial charge is 0.482 e. The molecule has 0 saturated carbocycles. The van der Waals surface area contributed by atoms with Crippen LogP contribution in [-0.2, 0) is 16.0 Å². The van der Waals surface area contributed by atoms with Crippen molar-refractivity contribution in [3.05, 3.63) is 35.7 Å². The zero-order valence-corrected chi connectivity index (χ0v) is 13.5. The molecule has 0 fully saturated rings. The number of hydrogen-bond acceptors (Lipinski definition) is 6. The van der Waals surface area contributed by atoms with Crippen LogP contribution in [0.25, 0.3) is 0 Å². The zero-order valence-electron chi connectivity index (χ0n) is 12.7. The fraction of sp³-hybridized carbons (Fsp3) is 0.467. The first-order valence-electron chi connectivity index (χ1n) is 7.20. The maximum atomic E-state index is 11.9. The van der Waals surface area contributed by atoms with Gasteiger partial charge in [0.1, 0.15) is 11.5 Å². The number of thiophene rings is 1. The van der Waals surface area contributed by atoms with Gasteiger partial charge >= 0.3 is 5.97 Å². The first-order chi connectivity index (χ1) is 10.7. The Labute approximate surface area is 133 Å². The van der Waals surface area contributed by atoms with Crippen LogP contribution in [0.15, 0.2) is 30.9 Å². The number of rotatable bonds is 9. The van der Waals surface area contributed by atoms with Crippen molar-refractivity contribution in [1.82, 2.24) is 9.55 Å². The quantitative estimate of drug-likeness (QED) is 0.524. The highest BCUT2D eigenvalue weighted by Crippen LogP contribution is 2.25. The van der Waals surface area contributed by atoms with Crippen molar-refractivity contribution < 1.29 is 19.0 Å². The Morgan fingerprint density at radius 1 is 1.41 bits per heavy atom. The lowest BCUT2D eigenvalue weighted by Gasteiger charge is -2.12. The van der Waals surface area contributed by atoms with Crippen molar-refractivity contribution in [2.75, 3.05) is 13.2 Å². The van der Waals surface area contributed by atoms with E-state index in [9.17, 15) is 4.79 Å². The summed E-state index contributed by atoms with van der Waals surface area (Å²) < 4.78 is 18.1. The van der Waals surface area contributed by atoms with Crippen LogP contribution in [0, 0.1) is 0 Å². The van der Waals surface area contributed by atoms with Crippen LogP contribution in [0.2, 0.25) is 0 Å². The first kappa shape index (κ1) is 16.5. The van der Waals surface area contributed by atoms with Crippen molar-refractivity contribution in [1.29, 1.82) is 0 Å². The summed E-state index contributed by atoms with van der Waals surface area (Å²) in [6.07, 6.45) is 5.67. The minimum absolute atomic E-state index is 0.391. The van der Waals surface area contributed by atoms with Gasteiger partial charge in [0.25, 0.3) is 0 Å². The van der Waals surface area contributed by atoms with Gasteiger partial charge in [0, 0.05) is 12.4 Å². The fourth-order valence-corrected chi connectivity index (χ4v) is 2.47. The summed E-state index contributed by atoms with van der Waals surface area (Å²) in [5, 5.41) is 0.689. The molecule has 0 amide bonds. The van der Waals surface area contributed by atoms with Gasteiger partial charge in [-0.2, -0.15) is 0 Å². The Kier molecular flexibility index (Phi) is 6.42. The second-order valence-corrected chi connectivity index (χ2v) is 5.66. The van der Waals surface area contributed by atoms with Crippen LogP contribution in [0.3, 0.4) is 0 Å². The topological polar surface area (TPSA) is 62.6 Å². The summed E-state index contributed by atoms with van der Waals surface area (Å²) in [6.45, 7) is 5.51. The molecule has 1 atom stereocenters. The first-order valence-corrected chi connectivity index (χ1v) is 8.01. The van der Waals surface area contributed by atoms with E-state index in [0.29, 0.717) is 29.7 Å². The number of aromatic nitrogens is 2. The van der Waals surface area contributed by atoms with E-state index in [0.717, 1.165) is 6.42 Å². The molecule has 0 spiro atoms. The average Bonchev–Trinajstić information content (AvgIpc) is 3.16. The maximum absolute atomic E-state index is 11.9. The summed E-state index contributed by atoms with van der Waals surface area (Å²) in [5.41, 5.74) is 0. The van der Waals surface area contributed by atoms with Gasteiger partial charge in [-0.3, -0.25) is 0 Å². The predicted octanol–water partition coefficient (Wildman–Crippen LogP) is 2.95. The normalized spacial score (nSPS) is 12.1. The van der Waals surface area contributed by atoms with E-state index in [2.05, 4.69) is 4.98 Å². The van der Waals surface area contributed by atoms with Gasteiger partial charge in [-0.05, 0) is 25.5 Å². The molecule has 22 heavy (non-hydrogen) atoms. The summed E-state index contributed by atoms with van der Waals surface area (Å²) in [7, 11) is 0. The lowest BCUT2D eigenvalue weighted by molar-refractivity contribution is -0.0975. The van der Waals surface area contributed by atoms with Crippen molar-refractivity contribution in [2.45, 2.75) is 33.1 Å². The van der Waals surface area contributed by atoms with Crippen LogP contribution in [0.5, 0.6) is 5.06 Å². The zero-order chi connectivity index (χ0) is 15.8. The molecule has 0 saturated heterocycles. The lowest BCUT2D eigenvalue weighted by Crippen LogP contribution is -2.17. The molecule has 0 aliphatic heterocycles. The van der Waals surface area contributed by atoms with Crippen LogP contribution >= 0.6 is 11.3 Å². The van der Waals surface area contributed by atoms with Crippen LogP contribution in [0.1, 0.15) is 29.9 Å². The van der Waals surface area contributed by atoms with Crippen molar-refractivity contribution in [3.8, 4) is 5.06 Å². The van der Waals surface area contributed by atoms with Crippen molar-refractivity contribution in [2.24, 2.45) is 0 Å². The third kappa shape index (κ3) is 5.16. The molecule has 0 aliphatic carbocycles. The number of carbonyl (C=O) groups excluding carboxylic acids is 1. The van der Waals surface area contributed by atoms with Gasteiger partial charge in [-0.25, -0.2) is 9.78 Å². The highest BCUT2D eigenvalue weighted by molar-refractivity contribution is 7.15. The standard InChI is InChI=1S/C15H20N2O4S/c1-3-9-19-12(2)21-15(18)13-4-5-14(22-13)20-10-8-17-7-6-16-11-17/h4-7,11-12H,3,8-10H2,1-2H3. The highest BCUT2D eigenvalue weighted by atomic mass is 32.1. The molecule has 0 N–H and O–H groups in total. The number of esters is 1. The molecule has 0 bridgehead atoms. The second kappa shape index (κ2) is 8.55. The maximum Gasteiger partial charge on any atom is 0.350 e. The number of ether oxygens (including phenoxy) is 3. The molecular weight excluding hydrogens is 304 g/mol. The van der Waals surface area contributed by atoms with Crippen LogP contribution in [0.4, 0.5) is 0 Å². The number of carbonyl (C=O) groups is 1. The molecule has 120 valence electrons. The van der Waals surface area contributed by atoms with E-state index in [-0.39, 0.29) is 0 Å². The summed E-state index contributed by atoms with van der Waals surface area (Å²) in [6, 6.07) is 3.47. The lowest BCUT2D eigenvalue weighted by atomic mass is 10.5. The van der Waals surface area contributed by atoms with E-state index in [1.807, 2.05) is 17.7 Å². The Morgan fingerprint density at radius 3 is 3.00 bits per heavy atom. The second-order valence-electron chi connectivity index (χ2n) is 4.61. The Morgan fingerprint density at radius 2 is 2.27 bits per heavy atom. The Balaban J connectivity index is 1.76. The van der Waals surface area contributed by atoms with Crippen molar-refractivity contribution in [3.63, 3.8) is 0 Å². The van der Waals surface area contributed by atoms with Gasteiger partial charge in [-0.1, -0.05) is 18.3 Å². The molecule has 0 aromatic carbocycles. The molecule has 1 unspecified atom stereocenters. The monoisotopic (exact) mass is 324 g/mol. The molecule has 2 rings (SSSR count). The molecule has 0 radical (unpaired) electrons. The smallest absolute Gasteiger partial charge is 0.350 e. The summed E-state index contributed by atoms with van der Waals surface area (Å²) in [5.74, 6) is -0.391. The molecule has 6 nitrogen and oxygen atoms in total. The van der Waals surface area contributed by atoms with Gasteiger partial charge in [-0.15, -0.1) is 0 Å². The Hall–Kier alpha value is -1.86. The minimum atomic E-state index is -0.542. The number of imidazole rings is 1. The van der Waals surface area contributed by atoms with Crippen molar-refractivity contribution >= 4 is 17.3 Å². The molecule has 2 aromatic heterocycles. The highest BCUT2D eigenvalue weighted by Gasteiger charge is 2.15. The van der Waals surface area contributed by atoms with Crippen LogP contribution in [-0.4, -0.2) is 35.0 Å². The third-order valence-corrected chi connectivity index (χ3v) is 3.74. The van der Waals surface area contributed by atoms with Gasteiger partial charge < -0.3 is 18.8 Å². The fourth-order valence-electron chi connectivity index (χ4n) is 1.70. The summed E-state index contributed by atoms with van der Waals surface area (Å²) >= 11 is 1.27. The third-order valence-electron chi connectivity index (χ3n) is 2.77. The average molecular weight is 324 g/mol. The van der Waals surface area contributed by atoms with E-state index in [4.69, 9.17) is 14.2 Å². The van der Waals surface area contributed by atoms with Gasteiger partial charge in [0.15, 0.2) is 5.06 Å². The molecule has 7 heteroatoms. The van der Waals surface area contributed by atoms with E-state index < -0.39 is 12.3 Å². The Bertz CT molecular complexity index is 568. The van der Waals surface area contributed by atoms with Gasteiger partial charge in [0.2, 0.25) is 6.29 Å². The van der Waals surface area contributed by atoms with Crippen LogP contribution < -0.4 is 4.74 Å². The predicted molar refractivity (Wildman–Crippen MR) is 83.2 cm³/mol. The molecule has 0 aliphatic rings. The number of hydrogen-bond donors (Lipinski definition) is 0. The van der Waals surface area contributed by atoms with E-state index in [1.54, 1.807) is 31.6 Å². The van der Waals surface area contributed by atoms with E-state index in [1.165, 1.54) is 11.3 Å². The minimum Gasteiger partial charge on any atom is -0.482 e. The molecule has 2 heterocycles. The van der Waals surface area contributed by atoms with Gasteiger partial charge in [0.05, 0.1) is 19.5 Å². The molecule has 2 aromatic rings. The molecular formula is C15H20N2O4S. The summed E-state index contributed by atoms with van der Waals surface area (Å²) in [4.78, 5) is 16.4. The SMILES string of the molecule is CCCOC(C)OC(=O)c1ccc(OCCn2ccnc2)s1. The van der Waals surface area contributed by atoms with E-state index >= 15 is 0 Å².